The van der Waals surface area contributed by atoms with E-state index < -0.39 is 0 Å². The largest absolute Gasteiger partial charge is 0.323 e. The van der Waals surface area contributed by atoms with Gasteiger partial charge in [0.05, 0.1) is 0 Å². The summed E-state index contributed by atoms with van der Waals surface area (Å²) in [4.78, 5) is 1.27. The Balaban J connectivity index is 2.25. The minimum atomic E-state index is 0.120. The third-order valence-corrected chi connectivity index (χ3v) is 4.18. The van der Waals surface area contributed by atoms with Crippen LogP contribution in [0, 0.1) is 20.8 Å². The first-order chi connectivity index (χ1) is 8.08. The average molecular weight is 245 g/mol. The number of rotatable bonds is 3. The van der Waals surface area contributed by atoms with Crippen molar-refractivity contribution in [3.63, 3.8) is 0 Å². The highest BCUT2D eigenvalue weighted by atomic mass is 32.1. The van der Waals surface area contributed by atoms with E-state index in [4.69, 9.17) is 5.73 Å². The third-order valence-electron chi connectivity index (χ3n) is 3.17. The van der Waals surface area contributed by atoms with Gasteiger partial charge in [0.25, 0.3) is 0 Å². The molecule has 1 aromatic heterocycles. The highest BCUT2D eigenvalue weighted by Gasteiger charge is 2.11. The van der Waals surface area contributed by atoms with E-state index in [-0.39, 0.29) is 6.04 Å². The lowest BCUT2D eigenvalue weighted by atomic mass is 9.94. The van der Waals surface area contributed by atoms with Gasteiger partial charge in [0.15, 0.2) is 0 Å². The van der Waals surface area contributed by atoms with Gasteiger partial charge in [0, 0.05) is 10.9 Å². The van der Waals surface area contributed by atoms with Crippen LogP contribution in [-0.2, 0) is 6.42 Å². The summed E-state index contributed by atoms with van der Waals surface area (Å²) in [5.41, 5.74) is 11.7. The minimum Gasteiger partial charge on any atom is -0.323 e. The fourth-order valence-electron chi connectivity index (χ4n) is 2.35. The minimum absolute atomic E-state index is 0.120. The van der Waals surface area contributed by atoms with Gasteiger partial charge in [0.2, 0.25) is 0 Å². The summed E-state index contributed by atoms with van der Waals surface area (Å²) in [6.07, 6.45) is 0.929. The topological polar surface area (TPSA) is 26.0 Å². The summed E-state index contributed by atoms with van der Waals surface area (Å²) in [6.45, 7) is 6.50. The third kappa shape index (κ3) is 2.76. The van der Waals surface area contributed by atoms with Crippen LogP contribution in [-0.4, -0.2) is 0 Å². The molecule has 0 spiro atoms. The molecule has 0 radical (unpaired) electrons. The maximum Gasteiger partial charge on any atom is 0.0430 e. The van der Waals surface area contributed by atoms with Crippen LogP contribution >= 0.6 is 11.3 Å². The van der Waals surface area contributed by atoms with Crippen molar-refractivity contribution in [2.24, 2.45) is 5.73 Å². The zero-order valence-electron chi connectivity index (χ0n) is 10.7. The van der Waals surface area contributed by atoms with E-state index in [9.17, 15) is 0 Å². The van der Waals surface area contributed by atoms with E-state index in [2.05, 4.69) is 50.4 Å². The molecular weight excluding hydrogens is 226 g/mol. The Morgan fingerprint density at radius 1 is 1.18 bits per heavy atom. The maximum absolute atomic E-state index is 6.26. The molecule has 2 aromatic rings. The quantitative estimate of drug-likeness (QED) is 0.871. The molecule has 2 rings (SSSR count). The Labute approximate surface area is 107 Å². The van der Waals surface area contributed by atoms with Crippen molar-refractivity contribution < 1.29 is 0 Å². The number of benzene rings is 1. The number of hydrogen-bond donors (Lipinski definition) is 1. The summed E-state index contributed by atoms with van der Waals surface area (Å²) in [6, 6.07) is 8.78. The average Bonchev–Trinajstić information content (AvgIpc) is 2.76. The molecule has 1 heterocycles. The number of thiophene rings is 1. The molecule has 2 N–H and O–H groups in total. The second-order valence-electron chi connectivity index (χ2n) is 4.70. The van der Waals surface area contributed by atoms with Crippen molar-refractivity contribution in [1.82, 2.24) is 0 Å². The zero-order chi connectivity index (χ0) is 12.4. The van der Waals surface area contributed by atoms with Gasteiger partial charge in [-0.25, -0.2) is 0 Å². The van der Waals surface area contributed by atoms with Crippen LogP contribution in [0.15, 0.2) is 29.6 Å². The second-order valence-corrected chi connectivity index (χ2v) is 5.68. The van der Waals surface area contributed by atoms with Crippen LogP contribution in [0.4, 0.5) is 0 Å². The van der Waals surface area contributed by atoms with E-state index in [1.807, 2.05) is 0 Å². The van der Waals surface area contributed by atoms with Crippen LogP contribution < -0.4 is 5.73 Å². The lowest BCUT2D eigenvalue weighted by molar-refractivity contribution is 0.729. The number of aryl methyl sites for hydroxylation is 3. The van der Waals surface area contributed by atoms with Gasteiger partial charge < -0.3 is 5.73 Å². The molecule has 0 saturated carbocycles. The summed E-state index contributed by atoms with van der Waals surface area (Å²) in [5.74, 6) is 0. The highest BCUT2D eigenvalue weighted by Crippen LogP contribution is 2.25. The molecule has 1 aromatic carbocycles. The number of nitrogens with two attached hydrogens (primary N) is 1. The molecule has 0 aliphatic carbocycles. The van der Waals surface area contributed by atoms with Crippen molar-refractivity contribution in [3.8, 4) is 0 Å². The standard InChI is InChI=1S/C15H19NS/c1-10-7-11(2)13(12(3)8-10)9-14(16)15-5-4-6-17-15/h4-8,14H,9,16H2,1-3H3. The SMILES string of the molecule is Cc1cc(C)c(CC(N)c2cccs2)c(C)c1. The van der Waals surface area contributed by atoms with E-state index in [1.54, 1.807) is 11.3 Å². The van der Waals surface area contributed by atoms with Crippen molar-refractivity contribution in [2.45, 2.75) is 33.2 Å². The van der Waals surface area contributed by atoms with Crippen LogP contribution in [0.3, 0.4) is 0 Å². The first-order valence-electron chi connectivity index (χ1n) is 5.93. The molecular formula is C15H19NS. The van der Waals surface area contributed by atoms with Gasteiger partial charge in [-0.1, -0.05) is 23.8 Å². The molecule has 0 bridgehead atoms. The molecule has 2 heteroatoms. The predicted octanol–water partition coefficient (Wildman–Crippen LogP) is 3.92. The molecule has 0 aliphatic rings. The molecule has 0 fully saturated rings. The van der Waals surface area contributed by atoms with Gasteiger partial charge in [-0.2, -0.15) is 0 Å². The molecule has 1 unspecified atom stereocenters. The van der Waals surface area contributed by atoms with Crippen LogP contribution in [0.5, 0.6) is 0 Å². The van der Waals surface area contributed by atoms with E-state index >= 15 is 0 Å². The molecule has 0 aliphatic heterocycles. The molecule has 0 amide bonds. The van der Waals surface area contributed by atoms with Crippen molar-refractivity contribution in [2.75, 3.05) is 0 Å². The fourth-order valence-corrected chi connectivity index (χ4v) is 3.08. The summed E-state index contributed by atoms with van der Waals surface area (Å²) < 4.78 is 0. The van der Waals surface area contributed by atoms with Gasteiger partial charge >= 0.3 is 0 Å². The van der Waals surface area contributed by atoms with Gasteiger partial charge in [0.1, 0.15) is 0 Å². The normalized spacial score (nSPS) is 12.7. The zero-order valence-corrected chi connectivity index (χ0v) is 11.5. The van der Waals surface area contributed by atoms with Crippen LogP contribution in [0.25, 0.3) is 0 Å². The fraction of sp³-hybridized carbons (Fsp3) is 0.333. The van der Waals surface area contributed by atoms with Gasteiger partial charge in [-0.05, 0) is 55.3 Å². The van der Waals surface area contributed by atoms with Crippen LogP contribution in [0.1, 0.15) is 33.2 Å². The van der Waals surface area contributed by atoms with E-state index in [1.165, 1.54) is 27.1 Å². The summed E-state index contributed by atoms with van der Waals surface area (Å²) in [7, 11) is 0. The Hall–Kier alpha value is -1.12. The first kappa shape index (κ1) is 12.3. The molecule has 1 atom stereocenters. The lowest BCUT2D eigenvalue weighted by Gasteiger charge is -2.15. The monoisotopic (exact) mass is 245 g/mol. The lowest BCUT2D eigenvalue weighted by Crippen LogP contribution is -2.13. The van der Waals surface area contributed by atoms with Crippen molar-refractivity contribution >= 4 is 11.3 Å². The number of hydrogen-bond acceptors (Lipinski definition) is 2. The molecule has 17 heavy (non-hydrogen) atoms. The summed E-state index contributed by atoms with van der Waals surface area (Å²) >= 11 is 1.74. The molecule has 0 saturated heterocycles. The Morgan fingerprint density at radius 3 is 2.35 bits per heavy atom. The van der Waals surface area contributed by atoms with Gasteiger partial charge in [-0.15, -0.1) is 11.3 Å². The van der Waals surface area contributed by atoms with Crippen LogP contribution in [0.2, 0.25) is 0 Å². The molecule has 90 valence electrons. The van der Waals surface area contributed by atoms with Crippen molar-refractivity contribution in [1.29, 1.82) is 0 Å². The Bertz CT molecular complexity index is 477. The van der Waals surface area contributed by atoms with E-state index in [0.717, 1.165) is 6.42 Å². The highest BCUT2D eigenvalue weighted by molar-refractivity contribution is 7.10. The second kappa shape index (κ2) is 5.03. The van der Waals surface area contributed by atoms with E-state index in [0.29, 0.717) is 0 Å². The predicted molar refractivity (Wildman–Crippen MR) is 75.6 cm³/mol. The smallest absolute Gasteiger partial charge is 0.0430 e. The van der Waals surface area contributed by atoms with Gasteiger partial charge in [-0.3, -0.25) is 0 Å². The van der Waals surface area contributed by atoms with Crippen molar-refractivity contribution in [3.05, 3.63) is 56.8 Å². The maximum atomic E-state index is 6.26. The first-order valence-corrected chi connectivity index (χ1v) is 6.81. The molecule has 1 nitrogen and oxygen atoms in total. The summed E-state index contributed by atoms with van der Waals surface area (Å²) in [5, 5.41) is 2.09. The Kier molecular flexibility index (Phi) is 3.65. The Morgan fingerprint density at radius 2 is 1.82 bits per heavy atom.